The predicted octanol–water partition coefficient (Wildman–Crippen LogP) is 4.23. The summed E-state index contributed by atoms with van der Waals surface area (Å²) in [6, 6.07) is 11.4. The Balaban J connectivity index is 2.25. The molecule has 0 atom stereocenters. The van der Waals surface area contributed by atoms with Gasteiger partial charge < -0.3 is 9.84 Å². The Morgan fingerprint density at radius 3 is 2.54 bits per heavy atom. The van der Waals surface area contributed by atoms with Crippen LogP contribution >= 0.6 is 0 Å². The number of rotatable bonds is 5. The Hall–Kier alpha value is -2.95. The highest BCUT2D eigenvalue weighted by Gasteiger charge is 2.14. The molecule has 0 aliphatic heterocycles. The molecule has 5 heteroatoms. The van der Waals surface area contributed by atoms with E-state index in [9.17, 15) is 9.90 Å². The fourth-order valence-corrected chi connectivity index (χ4v) is 2.02. The van der Waals surface area contributed by atoms with Gasteiger partial charge >= 0.3 is 5.97 Å². The van der Waals surface area contributed by atoms with Crippen molar-refractivity contribution in [2.75, 3.05) is 0 Å². The highest BCUT2D eigenvalue weighted by molar-refractivity contribution is 6.10. The van der Waals surface area contributed by atoms with Gasteiger partial charge in [-0.05, 0) is 56.2 Å². The van der Waals surface area contributed by atoms with E-state index in [0.717, 1.165) is 11.1 Å². The van der Waals surface area contributed by atoms with Crippen LogP contribution in [0.1, 0.15) is 20.8 Å². The van der Waals surface area contributed by atoms with Crippen molar-refractivity contribution in [2.24, 2.45) is 4.99 Å². The molecular formula is C19H20N2O3. The Bertz CT molecular complexity index is 761. The molecule has 1 aromatic heterocycles. The molecule has 1 heterocycles. The van der Waals surface area contributed by atoms with Crippen molar-refractivity contribution in [3.05, 3.63) is 60.1 Å². The van der Waals surface area contributed by atoms with Crippen LogP contribution < -0.4 is 0 Å². The summed E-state index contributed by atoms with van der Waals surface area (Å²) in [5, 5.41) is 9.69. The number of ether oxygens (including phenoxy) is 1. The molecule has 1 N–H and O–H groups in total. The van der Waals surface area contributed by atoms with E-state index in [1.54, 1.807) is 26.2 Å². The van der Waals surface area contributed by atoms with Crippen LogP contribution in [0, 0.1) is 0 Å². The lowest BCUT2D eigenvalue weighted by molar-refractivity contribution is -0.142. The van der Waals surface area contributed by atoms with Crippen LogP contribution in [0.2, 0.25) is 0 Å². The van der Waals surface area contributed by atoms with Crippen molar-refractivity contribution in [1.29, 1.82) is 0 Å². The molecule has 0 spiro atoms. The quantitative estimate of drug-likeness (QED) is 0.386. The predicted molar refractivity (Wildman–Crippen MR) is 94.4 cm³/mol. The zero-order valence-electron chi connectivity index (χ0n) is 13.9. The Kier molecular flexibility index (Phi) is 5.84. The molecule has 5 nitrogen and oxygen atoms in total. The zero-order valence-corrected chi connectivity index (χ0v) is 13.9. The molecule has 0 amide bonds. The summed E-state index contributed by atoms with van der Waals surface area (Å²) in [5.74, 6) is -0.728. The Morgan fingerprint density at radius 2 is 1.92 bits per heavy atom. The molecule has 0 fully saturated rings. The van der Waals surface area contributed by atoms with Crippen molar-refractivity contribution < 1.29 is 14.6 Å². The number of allylic oxidation sites excluding steroid dienone is 1. The number of nitrogens with zero attached hydrogens (tertiary/aromatic N) is 2. The lowest BCUT2D eigenvalue weighted by atomic mass is 10.1. The van der Waals surface area contributed by atoms with Gasteiger partial charge in [0.15, 0.2) is 0 Å². The Labute approximate surface area is 141 Å². The topological polar surface area (TPSA) is 71.8 Å². The first-order valence-corrected chi connectivity index (χ1v) is 7.62. The van der Waals surface area contributed by atoms with Crippen molar-refractivity contribution >= 4 is 17.9 Å². The number of hydrogen-bond donors (Lipinski definition) is 1. The molecular weight excluding hydrogens is 304 g/mol. The van der Waals surface area contributed by atoms with Crippen LogP contribution in [0.4, 0.5) is 5.69 Å². The highest BCUT2D eigenvalue weighted by atomic mass is 16.5. The number of aliphatic imine (C=N–C) groups is 1. The van der Waals surface area contributed by atoms with Crippen LogP contribution in [-0.2, 0) is 9.53 Å². The van der Waals surface area contributed by atoms with Crippen LogP contribution in [-0.4, -0.2) is 28.4 Å². The van der Waals surface area contributed by atoms with Gasteiger partial charge in [0.2, 0.25) is 0 Å². The zero-order chi connectivity index (χ0) is 17.5. The average molecular weight is 324 g/mol. The summed E-state index contributed by atoms with van der Waals surface area (Å²) in [6.07, 6.45) is 4.51. The van der Waals surface area contributed by atoms with Crippen molar-refractivity contribution in [3.8, 4) is 11.1 Å². The number of aliphatic hydroxyl groups is 1. The van der Waals surface area contributed by atoms with E-state index in [4.69, 9.17) is 4.74 Å². The first kappa shape index (κ1) is 17.4. The largest absolute Gasteiger partial charge is 0.512 e. The minimum Gasteiger partial charge on any atom is -0.512 e. The van der Waals surface area contributed by atoms with Crippen LogP contribution in [0.5, 0.6) is 0 Å². The Morgan fingerprint density at radius 1 is 1.21 bits per heavy atom. The lowest BCUT2D eigenvalue weighted by Crippen LogP contribution is -2.15. The molecule has 0 unspecified atom stereocenters. The van der Waals surface area contributed by atoms with Gasteiger partial charge in [-0.1, -0.05) is 12.1 Å². The molecule has 0 radical (unpaired) electrons. The lowest BCUT2D eigenvalue weighted by Gasteiger charge is -2.08. The van der Waals surface area contributed by atoms with E-state index in [1.165, 1.54) is 13.1 Å². The summed E-state index contributed by atoms with van der Waals surface area (Å²) < 4.78 is 5.10. The summed E-state index contributed by atoms with van der Waals surface area (Å²) in [6.45, 7) is 4.92. The first-order chi connectivity index (χ1) is 11.5. The van der Waals surface area contributed by atoms with Crippen molar-refractivity contribution in [3.63, 3.8) is 0 Å². The second-order valence-corrected chi connectivity index (χ2v) is 5.50. The average Bonchev–Trinajstić information content (AvgIpc) is 2.55. The maximum Gasteiger partial charge on any atom is 0.343 e. The highest BCUT2D eigenvalue weighted by Crippen LogP contribution is 2.23. The molecule has 0 aliphatic carbocycles. The minimum absolute atomic E-state index is 0.0398. The molecule has 0 bridgehead atoms. The molecule has 0 saturated carbocycles. The number of hydrogen-bond acceptors (Lipinski definition) is 5. The number of esters is 1. The van der Waals surface area contributed by atoms with E-state index in [-0.39, 0.29) is 17.4 Å². The standard InChI is InChI=1S/C19H20N2O3/c1-13(2)24-19(23)18(14(3)22)12-21-17-6-4-5-16(11-17)15-7-9-20-10-8-15/h4-13,22H,1-3H3. The minimum atomic E-state index is -0.598. The van der Waals surface area contributed by atoms with Crippen LogP contribution in [0.15, 0.2) is 65.1 Å². The second-order valence-electron chi connectivity index (χ2n) is 5.50. The van der Waals surface area contributed by atoms with Gasteiger partial charge in [0.1, 0.15) is 11.3 Å². The molecule has 2 aromatic rings. The van der Waals surface area contributed by atoms with E-state index >= 15 is 0 Å². The third kappa shape index (κ3) is 4.78. The van der Waals surface area contributed by atoms with Crippen molar-refractivity contribution in [1.82, 2.24) is 4.98 Å². The molecule has 124 valence electrons. The van der Waals surface area contributed by atoms with E-state index < -0.39 is 5.97 Å². The fraction of sp³-hybridized carbons (Fsp3) is 0.211. The second kappa shape index (κ2) is 8.06. The van der Waals surface area contributed by atoms with Gasteiger partial charge in [-0.15, -0.1) is 0 Å². The molecule has 24 heavy (non-hydrogen) atoms. The van der Waals surface area contributed by atoms with Crippen molar-refractivity contribution in [2.45, 2.75) is 26.9 Å². The van der Waals surface area contributed by atoms with E-state index in [0.29, 0.717) is 5.69 Å². The number of carbonyl (C=O) groups excluding carboxylic acids is 1. The normalized spacial score (nSPS) is 12.3. The summed E-state index contributed by atoms with van der Waals surface area (Å²) in [7, 11) is 0. The summed E-state index contributed by atoms with van der Waals surface area (Å²) in [4.78, 5) is 20.2. The van der Waals surface area contributed by atoms with E-state index in [2.05, 4.69) is 9.98 Å². The fourth-order valence-electron chi connectivity index (χ4n) is 2.02. The van der Waals surface area contributed by atoms with Gasteiger partial charge in [0, 0.05) is 18.6 Å². The third-order valence-electron chi connectivity index (χ3n) is 3.15. The third-order valence-corrected chi connectivity index (χ3v) is 3.15. The van der Waals surface area contributed by atoms with Crippen LogP contribution in [0.25, 0.3) is 11.1 Å². The first-order valence-electron chi connectivity index (χ1n) is 7.62. The van der Waals surface area contributed by atoms with Gasteiger partial charge in [-0.2, -0.15) is 0 Å². The molecule has 1 aromatic carbocycles. The van der Waals surface area contributed by atoms with Gasteiger partial charge in [-0.25, -0.2) is 4.79 Å². The number of carbonyl (C=O) groups is 1. The summed E-state index contributed by atoms with van der Waals surface area (Å²) in [5.41, 5.74) is 2.72. The number of benzene rings is 1. The van der Waals surface area contributed by atoms with Gasteiger partial charge in [-0.3, -0.25) is 9.98 Å². The van der Waals surface area contributed by atoms with Gasteiger partial charge in [0.05, 0.1) is 11.8 Å². The number of aromatic nitrogens is 1. The molecule has 2 rings (SSSR count). The SMILES string of the molecule is CC(O)=C(C=Nc1cccc(-c2ccncc2)c1)C(=O)OC(C)C. The van der Waals surface area contributed by atoms with Gasteiger partial charge in [0.25, 0.3) is 0 Å². The number of aliphatic hydroxyl groups excluding tert-OH is 1. The maximum absolute atomic E-state index is 12.0. The number of pyridine rings is 1. The van der Waals surface area contributed by atoms with E-state index in [1.807, 2.05) is 36.4 Å². The smallest absolute Gasteiger partial charge is 0.343 e. The monoisotopic (exact) mass is 324 g/mol. The molecule has 0 saturated heterocycles. The maximum atomic E-state index is 12.0. The van der Waals surface area contributed by atoms with Crippen LogP contribution in [0.3, 0.4) is 0 Å². The summed E-state index contributed by atoms with van der Waals surface area (Å²) >= 11 is 0. The molecule has 0 aliphatic rings.